The molecule has 1 aliphatic heterocycles. The Balaban J connectivity index is 1.55. The van der Waals surface area contributed by atoms with Crippen LogP contribution in [0.15, 0.2) is 72.8 Å². The second-order valence-corrected chi connectivity index (χ2v) is 10.3. The van der Waals surface area contributed by atoms with Crippen molar-refractivity contribution < 1.29 is 14.3 Å². The van der Waals surface area contributed by atoms with Crippen LogP contribution in [0.3, 0.4) is 0 Å². The average Bonchev–Trinajstić information content (AvgIpc) is 2.92. The Hall–Kier alpha value is -4.00. The van der Waals surface area contributed by atoms with E-state index in [1.165, 1.54) is 0 Å². The molecule has 1 saturated heterocycles. The van der Waals surface area contributed by atoms with Gasteiger partial charge in [-0.25, -0.2) is 0 Å². The smallest absolute Gasteiger partial charge is 0.253 e. The van der Waals surface area contributed by atoms with Crippen molar-refractivity contribution in [3.05, 3.63) is 83.9 Å². The highest BCUT2D eigenvalue weighted by molar-refractivity contribution is 6.02. The molecule has 1 fully saturated rings. The number of nitrogens with one attached hydrogen (secondary N) is 2. The molecule has 0 bridgehead atoms. The molecule has 7 heteroatoms. The van der Waals surface area contributed by atoms with Gasteiger partial charge in [0, 0.05) is 49.5 Å². The van der Waals surface area contributed by atoms with Crippen molar-refractivity contribution in [2.24, 2.45) is 5.41 Å². The first-order chi connectivity index (χ1) is 17.8. The molecule has 0 saturated carbocycles. The van der Waals surface area contributed by atoms with Crippen LogP contribution in [0, 0.1) is 5.41 Å². The standard InChI is InChI=1S/C30H36N4O3/c1-30(2,3)29(36)32-23-14-15-25(24(20-23)28(35)31-21-22-10-6-5-7-11-22)33-16-18-34(19-17-33)26-12-8-9-13-27(26)37-4/h5-15,20H,16-19,21H2,1-4H3,(H,31,35)(H,32,36). The van der Waals surface area contributed by atoms with E-state index in [0.29, 0.717) is 17.8 Å². The number of carbonyl (C=O) groups excluding carboxylic acids is 2. The van der Waals surface area contributed by atoms with Crippen molar-refractivity contribution >= 4 is 28.9 Å². The van der Waals surface area contributed by atoms with E-state index in [9.17, 15) is 9.59 Å². The minimum Gasteiger partial charge on any atom is -0.495 e. The lowest BCUT2D eigenvalue weighted by Crippen LogP contribution is -2.47. The van der Waals surface area contributed by atoms with Crippen molar-refractivity contribution in [1.82, 2.24) is 5.32 Å². The lowest BCUT2D eigenvalue weighted by Gasteiger charge is -2.38. The van der Waals surface area contributed by atoms with Crippen molar-refractivity contribution in [3.8, 4) is 5.75 Å². The zero-order valence-electron chi connectivity index (χ0n) is 22.1. The third-order valence-corrected chi connectivity index (χ3v) is 6.52. The lowest BCUT2D eigenvalue weighted by molar-refractivity contribution is -0.123. The number of hydrogen-bond donors (Lipinski definition) is 2. The Kier molecular flexibility index (Phi) is 8.01. The molecule has 0 atom stereocenters. The topological polar surface area (TPSA) is 73.9 Å². The maximum Gasteiger partial charge on any atom is 0.253 e. The quantitative estimate of drug-likeness (QED) is 0.481. The van der Waals surface area contributed by atoms with Crippen LogP contribution < -0.4 is 25.2 Å². The summed E-state index contributed by atoms with van der Waals surface area (Å²) in [5.74, 6) is 0.593. The van der Waals surface area contributed by atoms with Gasteiger partial charge < -0.3 is 25.2 Å². The molecule has 2 N–H and O–H groups in total. The van der Waals surface area contributed by atoms with Crippen LogP contribution in [0.2, 0.25) is 0 Å². The number of anilines is 3. The predicted octanol–water partition coefficient (Wildman–Crippen LogP) is 4.94. The molecular weight excluding hydrogens is 464 g/mol. The number of rotatable bonds is 7. The first-order valence-corrected chi connectivity index (χ1v) is 12.7. The maximum atomic E-state index is 13.4. The summed E-state index contributed by atoms with van der Waals surface area (Å²) in [6, 6.07) is 23.5. The summed E-state index contributed by atoms with van der Waals surface area (Å²) < 4.78 is 5.55. The summed E-state index contributed by atoms with van der Waals surface area (Å²) >= 11 is 0. The summed E-state index contributed by atoms with van der Waals surface area (Å²) in [4.78, 5) is 30.5. The van der Waals surface area contributed by atoms with Gasteiger partial charge in [-0.3, -0.25) is 9.59 Å². The highest BCUT2D eigenvalue weighted by Crippen LogP contribution is 2.31. The minimum absolute atomic E-state index is 0.0960. The number of para-hydroxylation sites is 2. The molecule has 2 amide bonds. The number of hydrogen-bond acceptors (Lipinski definition) is 5. The summed E-state index contributed by atoms with van der Waals surface area (Å²) in [6.07, 6.45) is 0. The van der Waals surface area contributed by atoms with E-state index in [1.54, 1.807) is 13.2 Å². The largest absolute Gasteiger partial charge is 0.495 e. The predicted molar refractivity (Wildman–Crippen MR) is 150 cm³/mol. The first-order valence-electron chi connectivity index (χ1n) is 12.7. The number of nitrogens with zero attached hydrogens (tertiary/aromatic N) is 2. The van der Waals surface area contributed by atoms with Crippen molar-refractivity contribution in [2.75, 3.05) is 48.4 Å². The van der Waals surface area contributed by atoms with Gasteiger partial charge in [0.1, 0.15) is 5.75 Å². The fraction of sp³-hybridized carbons (Fsp3) is 0.333. The average molecular weight is 501 g/mol. The number of piperazine rings is 1. The van der Waals surface area contributed by atoms with Gasteiger partial charge in [-0.05, 0) is 35.9 Å². The van der Waals surface area contributed by atoms with Gasteiger partial charge >= 0.3 is 0 Å². The fourth-order valence-corrected chi connectivity index (χ4v) is 4.34. The Bertz CT molecular complexity index is 1230. The summed E-state index contributed by atoms with van der Waals surface area (Å²) in [7, 11) is 1.69. The second kappa shape index (κ2) is 11.4. The van der Waals surface area contributed by atoms with E-state index in [1.807, 2.05) is 81.4 Å². The Morgan fingerprint density at radius 2 is 1.46 bits per heavy atom. The van der Waals surface area contributed by atoms with Gasteiger partial charge in [0.2, 0.25) is 5.91 Å². The molecule has 3 aromatic carbocycles. The molecule has 1 aliphatic rings. The summed E-state index contributed by atoms with van der Waals surface area (Å²) in [6.45, 7) is 9.14. The molecule has 0 unspecified atom stereocenters. The molecular formula is C30H36N4O3. The van der Waals surface area contributed by atoms with Crippen molar-refractivity contribution in [2.45, 2.75) is 27.3 Å². The minimum atomic E-state index is -0.538. The fourth-order valence-electron chi connectivity index (χ4n) is 4.34. The summed E-state index contributed by atoms with van der Waals surface area (Å²) in [5.41, 5.74) is 3.59. The van der Waals surface area contributed by atoms with Crippen LogP contribution in [0.25, 0.3) is 0 Å². The third-order valence-electron chi connectivity index (χ3n) is 6.52. The van der Waals surface area contributed by atoms with Crippen LogP contribution in [-0.4, -0.2) is 45.1 Å². The van der Waals surface area contributed by atoms with E-state index in [-0.39, 0.29) is 11.8 Å². The highest BCUT2D eigenvalue weighted by Gasteiger charge is 2.25. The van der Waals surface area contributed by atoms with Crippen LogP contribution in [0.5, 0.6) is 5.75 Å². The van der Waals surface area contributed by atoms with E-state index < -0.39 is 5.41 Å². The first kappa shape index (κ1) is 26.1. The molecule has 0 aromatic heterocycles. The number of amides is 2. The monoisotopic (exact) mass is 500 g/mol. The van der Waals surface area contributed by atoms with Crippen molar-refractivity contribution in [3.63, 3.8) is 0 Å². The van der Waals surface area contributed by atoms with Gasteiger partial charge in [-0.1, -0.05) is 63.2 Å². The van der Waals surface area contributed by atoms with E-state index in [0.717, 1.165) is 48.9 Å². The summed E-state index contributed by atoms with van der Waals surface area (Å²) in [5, 5.41) is 6.01. The van der Waals surface area contributed by atoms with Gasteiger partial charge in [0.25, 0.3) is 5.91 Å². The molecule has 4 rings (SSSR count). The van der Waals surface area contributed by atoms with Gasteiger partial charge in [-0.2, -0.15) is 0 Å². The van der Waals surface area contributed by atoms with Gasteiger partial charge in [-0.15, -0.1) is 0 Å². The van der Waals surface area contributed by atoms with Gasteiger partial charge in [0.05, 0.1) is 18.4 Å². The maximum absolute atomic E-state index is 13.4. The van der Waals surface area contributed by atoms with Crippen LogP contribution in [-0.2, 0) is 11.3 Å². The Morgan fingerprint density at radius 1 is 0.838 bits per heavy atom. The molecule has 194 valence electrons. The van der Waals surface area contributed by atoms with Crippen molar-refractivity contribution in [1.29, 1.82) is 0 Å². The van der Waals surface area contributed by atoms with Crippen LogP contribution in [0.1, 0.15) is 36.7 Å². The van der Waals surface area contributed by atoms with Gasteiger partial charge in [0.15, 0.2) is 0 Å². The Labute approximate surface area is 219 Å². The second-order valence-electron chi connectivity index (χ2n) is 10.3. The molecule has 7 nitrogen and oxygen atoms in total. The molecule has 37 heavy (non-hydrogen) atoms. The number of benzene rings is 3. The van der Waals surface area contributed by atoms with Crippen LogP contribution in [0.4, 0.5) is 17.1 Å². The normalized spacial score (nSPS) is 13.7. The molecule has 0 radical (unpaired) electrons. The van der Waals surface area contributed by atoms with E-state index in [2.05, 4.69) is 26.5 Å². The SMILES string of the molecule is COc1ccccc1N1CCN(c2ccc(NC(=O)C(C)(C)C)cc2C(=O)NCc2ccccc2)CC1. The molecule has 3 aromatic rings. The number of methoxy groups -OCH3 is 1. The number of carbonyl (C=O) groups is 2. The zero-order valence-corrected chi connectivity index (χ0v) is 22.1. The van der Waals surface area contributed by atoms with E-state index in [4.69, 9.17) is 4.74 Å². The van der Waals surface area contributed by atoms with E-state index >= 15 is 0 Å². The molecule has 0 aliphatic carbocycles. The third kappa shape index (κ3) is 6.42. The molecule has 0 spiro atoms. The lowest BCUT2D eigenvalue weighted by atomic mass is 9.95. The van der Waals surface area contributed by atoms with Crippen LogP contribution >= 0.6 is 0 Å². The Morgan fingerprint density at radius 3 is 2.11 bits per heavy atom. The molecule has 1 heterocycles. The number of ether oxygens (including phenoxy) is 1. The zero-order chi connectivity index (χ0) is 26.4. The highest BCUT2D eigenvalue weighted by atomic mass is 16.5.